The first-order valence-corrected chi connectivity index (χ1v) is 11.7. The Morgan fingerprint density at radius 3 is 2.30 bits per heavy atom. The molecule has 2 amide bonds. The second-order valence-corrected chi connectivity index (χ2v) is 9.53. The first-order valence-electron chi connectivity index (χ1n) is 10.1. The van der Waals surface area contributed by atoms with Crippen LogP contribution in [0.3, 0.4) is 0 Å². The molecule has 0 bridgehead atoms. The van der Waals surface area contributed by atoms with Crippen molar-refractivity contribution in [3.63, 3.8) is 0 Å². The van der Waals surface area contributed by atoms with Crippen LogP contribution < -0.4 is 10.6 Å². The molecule has 8 heteroatoms. The fourth-order valence-corrected chi connectivity index (χ4v) is 4.61. The van der Waals surface area contributed by atoms with Gasteiger partial charge in [0.05, 0.1) is 17.0 Å². The molecule has 0 aliphatic carbocycles. The molecule has 0 unspecified atom stereocenters. The van der Waals surface area contributed by atoms with Crippen molar-refractivity contribution >= 4 is 27.5 Å². The molecule has 1 aliphatic heterocycles. The number of piperidine rings is 1. The van der Waals surface area contributed by atoms with Crippen LogP contribution in [0.2, 0.25) is 0 Å². The summed E-state index contributed by atoms with van der Waals surface area (Å²) in [6, 6.07) is 16.5. The van der Waals surface area contributed by atoms with Crippen LogP contribution in [0.25, 0.3) is 0 Å². The maximum Gasteiger partial charge on any atom is 0.253 e. The Bertz CT molecular complexity index is 984. The van der Waals surface area contributed by atoms with Crippen LogP contribution in [0.5, 0.6) is 0 Å². The van der Waals surface area contributed by atoms with E-state index in [1.54, 1.807) is 31.2 Å². The number of para-hydroxylation sites is 1. The van der Waals surface area contributed by atoms with E-state index in [1.165, 1.54) is 4.31 Å². The zero-order chi connectivity index (χ0) is 21.6. The Balaban J connectivity index is 1.60. The number of nitrogens with one attached hydrogen (secondary N) is 2. The van der Waals surface area contributed by atoms with E-state index in [0.717, 1.165) is 5.56 Å². The Kier molecular flexibility index (Phi) is 7.23. The number of nitrogens with zero attached hydrogens (tertiary/aromatic N) is 1. The van der Waals surface area contributed by atoms with Gasteiger partial charge in [0, 0.05) is 25.6 Å². The van der Waals surface area contributed by atoms with E-state index in [4.69, 9.17) is 0 Å². The third kappa shape index (κ3) is 5.46. The lowest BCUT2D eigenvalue weighted by Gasteiger charge is -2.30. The molecule has 2 aromatic rings. The van der Waals surface area contributed by atoms with Gasteiger partial charge in [0.1, 0.15) is 0 Å². The molecule has 0 radical (unpaired) electrons. The highest BCUT2D eigenvalue weighted by atomic mass is 32.2. The van der Waals surface area contributed by atoms with Crippen LogP contribution in [0.15, 0.2) is 54.6 Å². The molecule has 7 nitrogen and oxygen atoms in total. The Morgan fingerprint density at radius 1 is 1.00 bits per heavy atom. The van der Waals surface area contributed by atoms with Crippen LogP contribution >= 0.6 is 0 Å². The molecule has 3 rings (SSSR count). The predicted molar refractivity (Wildman–Crippen MR) is 116 cm³/mol. The normalized spacial score (nSPS) is 15.5. The number of sulfonamides is 1. The summed E-state index contributed by atoms with van der Waals surface area (Å²) in [6.07, 6.45) is 0.931. The number of benzene rings is 2. The lowest BCUT2D eigenvalue weighted by Crippen LogP contribution is -2.42. The molecule has 30 heavy (non-hydrogen) atoms. The summed E-state index contributed by atoms with van der Waals surface area (Å²) in [6.45, 7) is 2.70. The Hall–Kier alpha value is -2.71. The van der Waals surface area contributed by atoms with Gasteiger partial charge in [-0.05, 0) is 37.5 Å². The predicted octanol–water partition coefficient (Wildman–Crippen LogP) is 2.62. The molecule has 1 saturated heterocycles. The highest BCUT2D eigenvalue weighted by Crippen LogP contribution is 2.23. The van der Waals surface area contributed by atoms with Crippen molar-refractivity contribution in [3.05, 3.63) is 65.7 Å². The first-order chi connectivity index (χ1) is 14.4. The van der Waals surface area contributed by atoms with Crippen molar-refractivity contribution in [1.82, 2.24) is 9.62 Å². The van der Waals surface area contributed by atoms with Crippen molar-refractivity contribution < 1.29 is 18.0 Å². The molecular weight excluding hydrogens is 402 g/mol. The summed E-state index contributed by atoms with van der Waals surface area (Å²) in [5.74, 6) is -0.672. The molecule has 2 N–H and O–H groups in total. The molecule has 0 aromatic heterocycles. The minimum atomic E-state index is -3.23. The van der Waals surface area contributed by atoms with Gasteiger partial charge in [-0.3, -0.25) is 9.59 Å². The number of amides is 2. The average molecular weight is 430 g/mol. The van der Waals surface area contributed by atoms with Crippen LogP contribution in [0.4, 0.5) is 5.69 Å². The molecule has 2 aromatic carbocycles. The quantitative estimate of drug-likeness (QED) is 0.707. The van der Waals surface area contributed by atoms with Gasteiger partial charge >= 0.3 is 0 Å². The van der Waals surface area contributed by atoms with E-state index in [2.05, 4.69) is 10.6 Å². The molecule has 1 aliphatic rings. The van der Waals surface area contributed by atoms with Crippen molar-refractivity contribution in [2.45, 2.75) is 26.3 Å². The van der Waals surface area contributed by atoms with E-state index in [9.17, 15) is 18.0 Å². The Labute approximate surface area is 177 Å². The number of hydrogen-bond donors (Lipinski definition) is 2. The highest BCUT2D eigenvalue weighted by Gasteiger charge is 2.30. The van der Waals surface area contributed by atoms with Crippen molar-refractivity contribution in [1.29, 1.82) is 0 Å². The molecule has 0 atom stereocenters. The van der Waals surface area contributed by atoms with Crippen molar-refractivity contribution in [2.24, 2.45) is 5.92 Å². The number of carbonyl (C=O) groups excluding carboxylic acids is 2. The second-order valence-electron chi connectivity index (χ2n) is 7.28. The fourth-order valence-electron chi connectivity index (χ4n) is 3.48. The summed E-state index contributed by atoms with van der Waals surface area (Å²) in [4.78, 5) is 25.4. The standard InChI is InChI=1S/C22H27N3O4S/c1-2-30(28,29)25-14-12-18(13-15-25)21(26)24-20-11-7-6-10-19(20)22(27)23-16-17-8-4-3-5-9-17/h3-11,18H,2,12-16H2,1H3,(H,23,27)(H,24,26). The summed E-state index contributed by atoms with van der Waals surface area (Å²) in [5.41, 5.74) is 1.84. The third-order valence-corrected chi connectivity index (χ3v) is 7.19. The molecule has 0 spiro atoms. The zero-order valence-electron chi connectivity index (χ0n) is 17.0. The van der Waals surface area contributed by atoms with Crippen LogP contribution in [-0.2, 0) is 21.4 Å². The lowest BCUT2D eigenvalue weighted by molar-refractivity contribution is -0.120. The summed E-state index contributed by atoms with van der Waals surface area (Å²) in [5, 5.41) is 5.73. The van der Waals surface area contributed by atoms with E-state index in [-0.39, 0.29) is 23.5 Å². The maximum atomic E-state index is 12.7. The van der Waals surface area contributed by atoms with Gasteiger partial charge in [0.25, 0.3) is 5.91 Å². The minimum Gasteiger partial charge on any atom is -0.348 e. The van der Waals surface area contributed by atoms with Gasteiger partial charge in [-0.1, -0.05) is 42.5 Å². The minimum absolute atomic E-state index is 0.0648. The van der Waals surface area contributed by atoms with Gasteiger partial charge < -0.3 is 10.6 Å². The van der Waals surface area contributed by atoms with Crippen molar-refractivity contribution in [2.75, 3.05) is 24.2 Å². The third-order valence-electron chi connectivity index (χ3n) is 5.31. The Morgan fingerprint density at radius 2 is 1.63 bits per heavy atom. The maximum absolute atomic E-state index is 12.7. The van der Waals surface area contributed by atoms with Crippen LogP contribution in [-0.4, -0.2) is 43.4 Å². The summed E-state index contributed by atoms with van der Waals surface area (Å²) in [7, 11) is -3.23. The topological polar surface area (TPSA) is 95.6 Å². The number of carbonyl (C=O) groups is 2. The summed E-state index contributed by atoms with van der Waals surface area (Å²) < 4.78 is 25.4. The first kappa shape index (κ1) is 22.0. The van der Waals surface area contributed by atoms with Crippen molar-refractivity contribution in [3.8, 4) is 0 Å². The zero-order valence-corrected chi connectivity index (χ0v) is 17.8. The van der Waals surface area contributed by atoms with E-state index in [1.807, 2.05) is 30.3 Å². The fraction of sp³-hybridized carbons (Fsp3) is 0.364. The van der Waals surface area contributed by atoms with E-state index in [0.29, 0.717) is 43.7 Å². The molecule has 0 saturated carbocycles. The number of anilines is 1. The molecule has 160 valence electrons. The van der Waals surface area contributed by atoms with E-state index >= 15 is 0 Å². The molecular formula is C22H27N3O4S. The second kappa shape index (κ2) is 9.86. The van der Waals surface area contributed by atoms with Gasteiger partial charge in [-0.2, -0.15) is 0 Å². The van der Waals surface area contributed by atoms with E-state index < -0.39 is 10.0 Å². The molecule has 1 fully saturated rings. The van der Waals surface area contributed by atoms with Crippen LogP contribution in [0.1, 0.15) is 35.7 Å². The smallest absolute Gasteiger partial charge is 0.253 e. The monoisotopic (exact) mass is 429 g/mol. The van der Waals surface area contributed by atoms with Gasteiger partial charge in [0.15, 0.2) is 0 Å². The summed E-state index contributed by atoms with van der Waals surface area (Å²) >= 11 is 0. The van der Waals surface area contributed by atoms with Crippen LogP contribution in [0, 0.1) is 5.92 Å². The van der Waals surface area contributed by atoms with Gasteiger partial charge in [0.2, 0.25) is 15.9 Å². The number of hydrogen-bond acceptors (Lipinski definition) is 4. The SMILES string of the molecule is CCS(=O)(=O)N1CCC(C(=O)Nc2ccccc2C(=O)NCc2ccccc2)CC1. The van der Waals surface area contributed by atoms with Gasteiger partial charge in [-0.25, -0.2) is 12.7 Å². The highest BCUT2D eigenvalue weighted by molar-refractivity contribution is 7.89. The average Bonchev–Trinajstić information content (AvgIpc) is 2.78. The largest absolute Gasteiger partial charge is 0.348 e. The lowest BCUT2D eigenvalue weighted by atomic mass is 9.97. The number of rotatable bonds is 7. The van der Waals surface area contributed by atoms with Gasteiger partial charge in [-0.15, -0.1) is 0 Å². The molecule has 1 heterocycles.